The first-order chi connectivity index (χ1) is 17.9. The molecule has 0 unspecified atom stereocenters. The normalized spacial score (nSPS) is 23.0. The number of nitrogens with one attached hydrogen (secondary N) is 2. The molecule has 2 N–H and O–H groups in total. The first-order valence-electron chi connectivity index (χ1n) is 12.8. The van der Waals surface area contributed by atoms with Gasteiger partial charge in [0.05, 0.1) is 31.2 Å². The second-order valence-corrected chi connectivity index (χ2v) is 10.0. The number of hydrogen-bond donors (Lipinski definition) is 2. The Kier molecular flexibility index (Phi) is 7.32. The summed E-state index contributed by atoms with van der Waals surface area (Å²) in [6, 6.07) is 11.7. The molecule has 2 fully saturated rings. The van der Waals surface area contributed by atoms with Crippen molar-refractivity contribution in [1.29, 1.82) is 0 Å². The maximum atomic E-state index is 13.4. The maximum Gasteiger partial charge on any atom is 0.257 e. The van der Waals surface area contributed by atoms with E-state index < -0.39 is 0 Å². The Balaban J connectivity index is 1.25. The fourth-order valence-electron chi connectivity index (χ4n) is 4.93. The molecule has 1 saturated carbocycles. The minimum Gasteiger partial charge on any atom is -0.497 e. The second kappa shape index (κ2) is 10.8. The molecule has 0 aromatic heterocycles. The summed E-state index contributed by atoms with van der Waals surface area (Å²) in [6.07, 6.45) is 3.60. The van der Waals surface area contributed by atoms with Gasteiger partial charge >= 0.3 is 0 Å². The average molecular weight is 508 g/mol. The number of fused-ring (bicyclic) bond motifs is 2. The van der Waals surface area contributed by atoms with Crippen LogP contribution in [0.1, 0.15) is 52.8 Å². The van der Waals surface area contributed by atoms with Crippen molar-refractivity contribution in [2.24, 2.45) is 5.92 Å². The standard InChI is InChI=1S/C28H33N3O6/c1-31-23-10-9-21(14-26(32)29-15-17-6-7-17)37-25(23)16-36-24-11-8-19(13-22(24)28(31)34)30-27(33)18-4-3-5-20(12-18)35-2/h3-5,8,11-13,17,21,23,25H,6-7,9-10,14-16H2,1-2H3,(H,29,32)(H,30,33)/t21-,23+,25+/m0/s1. The number of benzene rings is 2. The number of rotatable bonds is 7. The molecular formula is C28H33N3O6. The molecule has 2 aromatic rings. The van der Waals surface area contributed by atoms with Gasteiger partial charge in [-0.25, -0.2) is 0 Å². The van der Waals surface area contributed by atoms with Gasteiger partial charge in [0.15, 0.2) is 0 Å². The molecule has 37 heavy (non-hydrogen) atoms. The van der Waals surface area contributed by atoms with Crippen LogP contribution in [0, 0.1) is 5.92 Å². The number of hydrogen-bond acceptors (Lipinski definition) is 6. The van der Waals surface area contributed by atoms with Gasteiger partial charge in [-0.2, -0.15) is 0 Å². The predicted octanol–water partition coefficient (Wildman–Crippen LogP) is 3.24. The zero-order valence-electron chi connectivity index (χ0n) is 21.2. The van der Waals surface area contributed by atoms with Gasteiger partial charge in [-0.15, -0.1) is 0 Å². The molecule has 9 heteroatoms. The number of ether oxygens (including phenoxy) is 3. The Labute approximate surface area is 216 Å². The van der Waals surface area contributed by atoms with Crippen LogP contribution in [0.25, 0.3) is 0 Å². The highest BCUT2D eigenvalue weighted by molar-refractivity contribution is 6.05. The fraction of sp³-hybridized carbons (Fsp3) is 0.464. The number of carbonyl (C=O) groups is 3. The van der Waals surface area contributed by atoms with Crippen LogP contribution in [0.4, 0.5) is 5.69 Å². The minimum atomic E-state index is -0.329. The van der Waals surface area contributed by atoms with Gasteiger partial charge in [0.2, 0.25) is 5.91 Å². The van der Waals surface area contributed by atoms with Gasteiger partial charge in [0.1, 0.15) is 24.2 Å². The van der Waals surface area contributed by atoms with Crippen LogP contribution in [0.3, 0.4) is 0 Å². The fourth-order valence-corrected chi connectivity index (χ4v) is 4.93. The Morgan fingerprint density at radius 3 is 2.73 bits per heavy atom. The molecule has 3 amide bonds. The molecule has 2 heterocycles. The lowest BCUT2D eigenvalue weighted by atomic mass is 9.94. The summed E-state index contributed by atoms with van der Waals surface area (Å²) in [5, 5.41) is 5.85. The Bertz CT molecular complexity index is 1180. The van der Waals surface area contributed by atoms with E-state index in [-0.39, 0.29) is 42.6 Å². The monoisotopic (exact) mass is 507 g/mol. The van der Waals surface area contributed by atoms with Gasteiger partial charge in [-0.1, -0.05) is 6.07 Å². The smallest absolute Gasteiger partial charge is 0.257 e. The zero-order chi connectivity index (χ0) is 25.9. The van der Waals surface area contributed by atoms with Crippen molar-refractivity contribution in [1.82, 2.24) is 10.2 Å². The molecule has 1 saturated heterocycles. The van der Waals surface area contributed by atoms with E-state index in [2.05, 4.69) is 10.6 Å². The molecule has 0 spiro atoms. The largest absolute Gasteiger partial charge is 0.497 e. The number of anilines is 1. The van der Waals surface area contributed by atoms with Crippen molar-refractivity contribution in [3.8, 4) is 11.5 Å². The Morgan fingerprint density at radius 1 is 1.11 bits per heavy atom. The van der Waals surface area contributed by atoms with E-state index in [1.54, 1.807) is 61.5 Å². The summed E-state index contributed by atoms with van der Waals surface area (Å²) < 4.78 is 17.5. The van der Waals surface area contributed by atoms with Crippen LogP contribution in [0.5, 0.6) is 11.5 Å². The van der Waals surface area contributed by atoms with E-state index in [0.29, 0.717) is 47.1 Å². The zero-order valence-corrected chi connectivity index (χ0v) is 21.2. The molecular weight excluding hydrogens is 474 g/mol. The van der Waals surface area contributed by atoms with Crippen LogP contribution in [0.15, 0.2) is 42.5 Å². The Morgan fingerprint density at radius 2 is 1.95 bits per heavy atom. The van der Waals surface area contributed by atoms with E-state index in [4.69, 9.17) is 14.2 Å². The lowest BCUT2D eigenvalue weighted by Gasteiger charge is -2.42. The minimum absolute atomic E-state index is 0.0143. The Hall–Kier alpha value is -3.59. The molecule has 3 atom stereocenters. The predicted molar refractivity (Wildman–Crippen MR) is 137 cm³/mol. The van der Waals surface area contributed by atoms with Gasteiger partial charge in [-0.05, 0) is 68.0 Å². The second-order valence-electron chi connectivity index (χ2n) is 10.0. The van der Waals surface area contributed by atoms with E-state index >= 15 is 0 Å². The van der Waals surface area contributed by atoms with Crippen LogP contribution >= 0.6 is 0 Å². The molecule has 196 valence electrons. The first-order valence-corrected chi connectivity index (χ1v) is 12.8. The van der Waals surface area contributed by atoms with Crippen LogP contribution in [0.2, 0.25) is 0 Å². The van der Waals surface area contributed by atoms with Crippen molar-refractivity contribution < 1.29 is 28.6 Å². The third-order valence-electron chi connectivity index (χ3n) is 7.30. The maximum absolute atomic E-state index is 13.4. The molecule has 0 radical (unpaired) electrons. The third-order valence-corrected chi connectivity index (χ3v) is 7.30. The summed E-state index contributed by atoms with van der Waals surface area (Å²) >= 11 is 0. The molecule has 1 aliphatic carbocycles. The highest BCUT2D eigenvalue weighted by Crippen LogP contribution is 2.33. The lowest BCUT2D eigenvalue weighted by Crippen LogP contribution is -2.54. The SMILES string of the molecule is COc1cccc(C(=O)Nc2ccc3c(c2)C(=O)N(C)[C@@H]2CC[C@@H](CC(=O)NCC4CC4)O[C@@H]2CO3)c1. The third kappa shape index (κ3) is 5.88. The molecule has 3 aliphatic rings. The van der Waals surface area contributed by atoms with Crippen LogP contribution in [-0.2, 0) is 9.53 Å². The molecule has 2 aliphatic heterocycles. The average Bonchev–Trinajstić information content (AvgIpc) is 3.74. The van der Waals surface area contributed by atoms with Gasteiger partial charge in [0, 0.05) is 24.8 Å². The first kappa shape index (κ1) is 25.1. The van der Waals surface area contributed by atoms with Crippen molar-refractivity contribution in [3.05, 3.63) is 53.6 Å². The topological polar surface area (TPSA) is 106 Å². The van der Waals surface area contributed by atoms with Gasteiger partial charge in [-0.3, -0.25) is 14.4 Å². The quantitative estimate of drug-likeness (QED) is 0.596. The number of carbonyl (C=O) groups excluding carboxylic acids is 3. The van der Waals surface area contributed by atoms with E-state index in [0.717, 1.165) is 13.0 Å². The number of likely N-dealkylation sites (N-methyl/N-ethyl adjacent to an activating group) is 1. The van der Waals surface area contributed by atoms with Crippen molar-refractivity contribution in [3.63, 3.8) is 0 Å². The molecule has 0 bridgehead atoms. The summed E-state index contributed by atoms with van der Waals surface area (Å²) in [4.78, 5) is 40.2. The summed E-state index contributed by atoms with van der Waals surface area (Å²) in [5.41, 5.74) is 1.32. The highest BCUT2D eigenvalue weighted by Gasteiger charge is 2.39. The van der Waals surface area contributed by atoms with E-state index in [1.165, 1.54) is 12.8 Å². The molecule has 5 rings (SSSR count). The van der Waals surface area contributed by atoms with E-state index in [1.807, 2.05) is 0 Å². The summed E-state index contributed by atoms with van der Waals surface area (Å²) in [6.45, 7) is 1.02. The van der Waals surface area contributed by atoms with Crippen molar-refractivity contribution >= 4 is 23.4 Å². The van der Waals surface area contributed by atoms with Crippen molar-refractivity contribution in [2.75, 3.05) is 32.6 Å². The highest BCUT2D eigenvalue weighted by atomic mass is 16.5. The number of methoxy groups -OCH3 is 1. The molecule has 2 aromatic carbocycles. The summed E-state index contributed by atoms with van der Waals surface area (Å²) in [5.74, 6) is 1.16. The summed E-state index contributed by atoms with van der Waals surface area (Å²) in [7, 11) is 3.31. The van der Waals surface area contributed by atoms with Gasteiger partial charge in [0.25, 0.3) is 11.8 Å². The molecule has 9 nitrogen and oxygen atoms in total. The van der Waals surface area contributed by atoms with Crippen LogP contribution in [-0.4, -0.2) is 68.2 Å². The van der Waals surface area contributed by atoms with Gasteiger partial charge < -0.3 is 29.7 Å². The number of amides is 3. The lowest BCUT2D eigenvalue weighted by molar-refractivity contribution is -0.134. The van der Waals surface area contributed by atoms with Crippen LogP contribution < -0.4 is 20.1 Å². The van der Waals surface area contributed by atoms with E-state index in [9.17, 15) is 14.4 Å². The van der Waals surface area contributed by atoms with Crippen molar-refractivity contribution in [2.45, 2.75) is 50.4 Å². The number of nitrogens with zero attached hydrogens (tertiary/aromatic N) is 1.